The van der Waals surface area contributed by atoms with Crippen LogP contribution in [0.15, 0.2) is 54.6 Å². The maximum atomic E-state index is 12.3. The van der Waals surface area contributed by atoms with Crippen molar-refractivity contribution in [2.45, 2.75) is 39.9 Å². The molecule has 0 spiro atoms. The molecule has 4 rings (SSSR count). The zero-order valence-electron chi connectivity index (χ0n) is 17.5. The number of hydrogen-bond donors (Lipinski definition) is 2. The number of aryl methyl sites for hydroxylation is 2. The maximum Gasteiger partial charge on any atom is 0.226 e. The highest BCUT2D eigenvalue weighted by Gasteiger charge is 2.19. The first-order chi connectivity index (χ1) is 14.5. The van der Waals surface area contributed by atoms with E-state index < -0.39 is 0 Å². The second kappa shape index (κ2) is 9.05. The third kappa shape index (κ3) is 5.21. The molecule has 0 saturated carbocycles. The molecule has 3 aromatic rings. The van der Waals surface area contributed by atoms with E-state index in [-0.39, 0.29) is 5.91 Å². The van der Waals surface area contributed by atoms with Crippen LogP contribution < -0.4 is 10.6 Å². The Morgan fingerprint density at radius 3 is 2.47 bits per heavy atom. The minimum Gasteiger partial charge on any atom is -0.354 e. The number of hydrogen-bond acceptors (Lipinski definition) is 5. The van der Waals surface area contributed by atoms with Crippen molar-refractivity contribution < 1.29 is 4.79 Å². The molecule has 154 valence electrons. The van der Waals surface area contributed by atoms with Crippen LogP contribution in [0.3, 0.4) is 0 Å². The van der Waals surface area contributed by atoms with E-state index in [1.54, 1.807) is 0 Å². The first-order valence-corrected chi connectivity index (χ1v) is 10.3. The van der Waals surface area contributed by atoms with Crippen LogP contribution in [0.1, 0.15) is 34.5 Å². The van der Waals surface area contributed by atoms with Gasteiger partial charge in [-0.25, -0.2) is 9.97 Å². The molecule has 2 heterocycles. The van der Waals surface area contributed by atoms with Gasteiger partial charge in [-0.05, 0) is 48.7 Å². The van der Waals surface area contributed by atoms with Crippen LogP contribution in [0.5, 0.6) is 0 Å². The van der Waals surface area contributed by atoms with Crippen LogP contribution in [0.4, 0.5) is 11.6 Å². The minimum atomic E-state index is -0.0223. The Labute approximate surface area is 177 Å². The lowest BCUT2D eigenvalue weighted by atomic mass is 10.1. The molecule has 2 N–H and O–H groups in total. The number of benzene rings is 2. The number of carbonyl (C=O) groups excluding carboxylic acids is 1. The van der Waals surface area contributed by atoms with Crippen molar-refractivity contribution in [2.75, 3.05) is 17.2 Å². The van der Waals surface area contributed by atoms with E-state index in [0.717, 1.165) is 36.7 Å². The van der Waals surface area contributed by atoms with Gasteiger partial charge in [0.25, 0.3) is 0 Å². The van der Waals surface area contributed by atoms with Crippen LogP contribution in [0.25, 0.3) is 0 Å². The predicted molar refractivity (Wildman–Crippen MR) is 119 cm³/mol. The van der Waals surface area contributed by atoms with Gasteiger partial charge in [0.15, 0.2) is 0 Å². The largest absolute Gasteiger partial charge is 0.354 e. The number of amides is 1. The summed E-state index contributed by atoms with van der Waals surface area (Å²) < 4.78 is 0. The third-order valence-electron chi connectivity index (χ3n) is 5.14. The fourth-order valence-corrected chi connectivity index (χ4v) is 3.81. The molecule has 0 radical (unpaired) electrons. The first kappa shape index (κ1) is 20.0. The molecule has 0 saturated heterocycles. The highest BCUT2D eigenvalue weighted by atomic mass is 16.1. The van der Waals surface area contributed by atoms with E-state index >= 15 is 0 Å². The van der Waals surface area contributed by atoms with E-state index in [4.69, 9.17) is 0 Å². The molecule has 0 fully saturated rings. The molecule has 0 bridgehead atoms. The Balaban J connectivity index is 1.28. The van der Waals surface area contributed by atoms with Crippen molar-refractivity contribution >= 4 is 17.5 Å². The van der Waals surface area contributed by atoms with Crippen LogP contribution in [0.2, 0.25) is 0 Å². The second-order valence-corrected chi connectivity index (χ2v) is 7.81. The molecule has 30 heavy (non-hydrogen) atoms. The highest BCUT2D eigenvalue weighted by molar-refractivity contribution is 5.91. The van der Waals surface area contributed by atoms with Crippen LogP contribution in [-0.4, -0.2) is 27.3 Å². The highest BCUT2D eigenvalue weighted by Crippen LogP contribution is 2.27. The molecule has 1 aromatic heterocycles. The summed E-state index contributed by atoms with van der Waals surface area (Å²) in [5.74, 6) is 0.544. The fourth-order valence-electron chi connectivity index (χ4n) is 3.81. The number of carbonyl (C=O) groups is 1. The smallest absolute Gasteiger partial charge is 0.226 e. The first-order valence-electron chi connectivity index (χ1n) is 10.3. The summed E-state index contributed by atoms with van der Waals surface area (Å²) in [5.41, 5.74) is 6.60. The molecule has 6 heteroatoms. The molecule has 6 nitrogen and oxygen atoms in total. The summed E-state index contributed by atoms with van der Waals surface area (Å²) in [4.78, 5) is 23.4. The van der Waals surface area contributed by atoms with Gasteiger partial charge in [-0.2, -0.15) is 0 Å². The molecule has 1 aliphatic heterocycles. The zero-order chi connectivity index (χ0) is 20.9. The Hall–Kier alpha value is -3.25. The van der Waals surface area contributed by atoms with Crippen molar-refractivity contribution in [3.63, 3.8) is 0 Å². The van der Waals surface area contributed by atoms with E-state index in [0.29, 0.717) is 18.9 Å². The Morgan fingerprint density at radius 1 is 0.967 bits per heavy atom. The summed E-state index contributed by atoms with van der Waals surface area (Å²) >= 11 is 0. The lowest BCUT2D eigenvalue weighted by molar-refractivity contribution is -0.115. The summed E-state index contributed by atoms with van der Waals surface area (Å²) in [7, 11) is 0. The molecular formula is C24H27N5O. The van der Waals surface area contributed by atoms with Crippen LogP contribution >= 0.6 is 0 Å². The number of aromatic nitrogens is 2. The van der Waals surface area contributed by atoms with Gasteiger partial charge in [0.05, 0.1) is 0 Å². The molecule has 2 aromatic carbocycles. The summed E-state index contributed by atoms with van der Waals surface area (Å²) in [6.07, 6.45) is 0.355. The van der Waals surface area contributed by atoms with Gasteiger partial charge in [-0.1, -0.05) is 36.4 Å². The quantitative estimate of drug-likeness (QED) is 0.625. The third-order valence-corrected chi connectivity index (χ3v) is 5.14. The van der Waals surface area contributed by atoms with Crippen LogP contribution in [0, 0.1) is 13.8 Å². The van der Waals surface area contributed by atoms with Crippen LogP contribution in [-0.2, 0) is 24.4 Å². The molecule has 1 aliphatic rings. The van der Waals surface area contributed by atoms with Crippen molar-refractivity contribution in [1.82, 2.24) is 14.9 Å². The zero-order valence-corrected chi connectivity index (χ0v) is 17.5. The maximum absolute atomic E-state index is 12.3. The molecule has 1 amide bonds. The Morgan fingerprint density at radius 2 is 1.70 bits per heavy atom. The van der Waals surface area contributed by atoms with Crippen molar-refractivity contribution in [3.05, 3.63) is 82.7 Å². The average Bonchev–Trinajstić information content (AvgIpc) is 3.09. The number of anilines is 2. The van der Waals surface area contributed by atoms with Gasteiger partial charge < -0.3 is 10.6 Å². The monoisotopic (exact) mass is 401 g/mol. The normalized spacial score (nSPS) is 13.1. The second-order valence-electron chi connectivity index (χ2n) is 7.81. The SMILES string of the molecule is Cc1cc(C)nc(NCCC(=O)Nc2ccc3c(c2)CN(Cc2ccccc2)C3)n1. The fraction of sp³-hybridized carbons (Fsp3) is 0.292. The van der Waals surface area contributed by atoms with Crippen molar-refractivity contribution in [2.24, 2.45) is 0 Å². The van der Waals surface area contributed by atoms with Crippen molar-refractivity contribution in [1.29, 1.82) is 0 Å². The summed E-state index contributed by atoms with van der Waals surface area (Å²) in [6, 6.07) is 18.6. The standard InChI is InChI=1S/C24H27N5O/c1-17-12-18(2)27-24(26-17)25-11-10-23(30)28-22-9-8-20-15-29(16-21(20)13-22)14-19-6-4-3-5-7-19/h3-9,12-13H,10-11,14-16H2,1-2H3,(H,28,30)(H,25,26,27). The number of nitrogens with zero attached hydrogens (tertiary/aromatic N) is 3. The predicted octanol–water partition coefficient (Wildman–Crippen LogP) is 4.05. The Bertz CT molecular complexity index is 1010. The minimum absolute atomic E-state index is 0.0223. The topological polar surface area (TPSA) is 70.2 Å². The number of fused-ring (bicyclic) bond motifs is 1. The summed E-state index contributed by atoms with van der Waals surface area (Å²) in [5, 5.41) is 6.13. The van der Waals surface area contributed by atoms with E-state index in [9.17, 15) is 4.79 Å². The van der Waals surface area contributed by atoms with Crippen molar-refractivity contribution in [3.8, 4) is 0 Å². The van der Waals surface area contributed by atoms with Gasteiger partial charge in [-0.3, -0.25) is 9.69 Å². The van der Waals surface area contributed by atoms with E-state index in [1.165, 1.54) is 16.7 Å². The lowest BCUT2D eigenvalue weighted by Crippen LogP contribution is -2.17. The Kier molecular flexibility index (Phi) is 6.05. The lowest BCUT2D eigenvalue weighted by Gasteiger charge is -2.14. The molecular weight excluding hydrogens is 374 g/mol. The number of nitrogens with one attached hydrogen (secondary N) is 2. The molecule has 0 aliphatic carbocycles. The van der Waals surface area contributed by atoms with E-state index in [1.807, 2.05) is 32.0 Å². The van der Waals surface area contributed by atoms with E-state index in [2.05, 4.69) is 61.9 Å². The molecule has 0 atom stereocenters. The van der Waals surface area contributed by atoms with Gasteiger partial charge >= 0.3 is 0 Å². The summed E-state index contributed by atoms with van der Waals surface area (Å²) in [6.45, 7) is 7.13. The van der Waals surface area contributed by atoms with Gasteiger partial charge in [0, 0.05) is 49.7 Å². The van der Waals surface area contributed by atoms with Gasteiger partial charge in [-0.15, -0.1) is 0 Å². The van der Waals surface area contributed by atoms with Gasteiger partial charge in [0.2, 0.25) is 11.9 Å². The average molecular weight is 402 g/mol. The molecule has 0 unspecified atom stereocenters. The van der Waals surface area contributed by atoms with Gasteiger partial charge in [0.1, 0.15) is 0 Å². The number of rotatable bonds is 7.